The summed E-state index contributed by atoms with van der Waals surface area (Å²) in [5.74, 6) is 1.51. The maximum absolute atomic E-state index is 12.3. The first-order chi connectivity index (χ1) is 11.6. The van der Waals surface area contributed by atoms with E-state index in [-0.39, 0.29) is 11.9 Å². The van der Waals surface area contributed by atoms with Crippen LogP contribution in [0, 0.1) is 6.92 Å². The van der Waals surface area contributed by atoms with Gasteiger partial charge in [0.15, 0.2) is 0 Å². The number of amides is 1. The summed E-state index contributed by atoms with van der Waals surface area (Å²) in [6, 6.07) is 13.5. The minimum Gasteiger partial charge on any atom is -0.496 e. The number of hydrogen-bond acceptors (Lipinski definition) is 3. The molecule has 3 aromatic rings. The molecule has 0 aliphatic heterocycles. The van der Waals surface area contributed by atoms with Gasteiger partial charge in [-0.2, -0.15) is 0 Å². The molecule has 0 saturated heterocycles. The van der Waals surface area contributed by atoms with E-state index in [4.69, 9.17) is 4.74 Å². The summed E-state index contributed by atoms with van der Waals surface area (Å²) in [6.45, 7) is 3.90. The molecule has 0 saturated carbocycles. The molecule has 0 aliphatic rings. The van der Waals surface area contributed by atoms with Crippen molar-refractivity contribution < 1.29 is 9.53 Å². The summed E-state index contributed by atoms with van der Waals surface area (Å²) in [5.41, 5.74) is 3.85. The molecule has 5 heteroatoms. The second kappa shape index (κ2) is 6.74. The van der Waals surface area contributed by atoms with Crippen LogP contribution in [0.25, 0.3) is 11.0 Å². The van der Waals surface area contributed by atoms with E-state index in [1.54, 1.807) is 7.11 Å². The molecule has 1 aromatic heterocycles. The van der Waals surface area contributed by atoms with E-state index >= 15 is 0 Å². The number of nitrogens with one attached hydrogen (secondary N) is 2. The number of para-hydroxylation sites is 2. The zero-order chi connectivity index (χ0) is 17.1. The minimum atomic E-state index is -0.183. The van der Waals surface area contributed by atoms with E-state index in [1.165, 1.54) is 0 Å². The number of H-pyrrole nitrogens is 1. The lowest BCUT2D eigenvalue weighted by Crippen LogP contribution is -2.28. The first-order valence-electron chi connectivity index (χ1n) is 7.94. The molecule has 2 aromatic carbocycles. The number of aryl methyl sites for hydroxylation is 1. The zero-order valence-electron chi connectivity index (χ0n) is 14.1. The Bertz CT molecular complexity index is 837. The second-order valence-electron chi connectivity index (χ2n) is 5.91. The van der Waals surface area contributed by atoms with Crippen LogP contribution in [0.4, 0.5) is 0 Å². The molecule has 124 valence electrons. The number of ether oxygens (including phenoxy) is 1. The first kappa shape index (κ1) is 16.1. The third-order valence-electron chi connectivity index (χ3n) is 4.03. The fraction of sp³-hybridized carbons (Fsp3) is 0.263. The van der Waals surface area contributed by atoms with E-state index in [0.29, 0.717) is 6.42 Å². The third-order valence-corrected chi connectivity index (χ3v) is 4.03. The Morgan fingerprint density at radius 1 is 1.29 bits per heavy atom. The molecule has 0 spiro atoms. The van der Waals surface area contributed by atoms with E-state index in [9.17, 15) is 4.79 Å². The standard InChI is InChI=1S/C19H21N3O2/c1-12-8-9-14(10-17(12)24-3)11-18(23)20-13(2)19-21-15-6-4-5-7-16(15)22-19/h4-10,13H,11H2,1-3H3,(H,20,23)(H,21,22). The second-order valence-corrected chi connectivity index (χ2v) is 5.91. The van der Waals surface area contributed by atoms with Gasteiger partial charge in [0.1, 0.15) is 11.6 Å². The molecule has 0 aliphatic carbocycles. The number of aromatic amines is 1. The number of carbonyl (C=O) groups excluding carboxylic acids is 1. The van der Waals surface area contributed by atoms with Crippen molar-refractivity contribution in [2.75, 3.05) is 7.11 Å². The maximum Gasteiger partial charge on any atom is 0.224 e. The van der Waals surface area contributed by atoms with E-state index < -0.39 is 0 Å². The lowest BCUT2D eigenvalue weighted by Gasteiger charge is -2.12. The highest BCUT2D eigenvalue weighted by molar-refractivity contribution is 5.79. The summed E-state index contributed by atoms with van der Waals surface area (Å²) >= 11 is 0. The highest BCUT2D eigenvalue weighted by atomic mass is 16.5. The van der Waals surface area contributed by atoms with Crippen LogP contribution >= 0.6 is 0 Å². The Morgan fingerprint density at radius 2 is 2.08 bits per heavy atom. The maximum atomic E-state index is 12.3. The van der Waals surface area contributed by atoms with E-state index in [0.717, 1.165) is 33.7 Å². The summed E-state index contributed by atoms with van der Waals surface area (Å²) in [6.07, 6.45) is 0.307. The molecule has 1 unspecified atom stereocenters. The normalized spacial score (nSPS) is 12.1. The molecular formula is C19H21N3O2. The Hall–Kier alpha value is -2.82. The molecule has 5 nitrogen and oxygen atoms in total. The summed E-state index contributed by atoms with van der Waals surface area (Å²) in [4.78, 5) is 20.1. The molecule has 0 fully saturated rings. The van der Waals surface area contributed by atoms with Crippen molar-refractivity contribution in [3.63, 3.8) is 0 Å². The van der Waals surface area contributed by atoms with Gasteiger partial charge < -0.3 is 15.0 Å². The molecule has 1 amide bonds. The number of methoxy groups -OCH3 is 1. The number of aromatic nitrogens is 2. The summed E-state index contributed by atoms with van der Waals surface area (Å²) < 4.78 is 5.30. The van der Waals surface area contributed by atoms with Crippen LogP contribution in [-0.4, -0.2) is 23.0 Å². The smallest absolute Gasteiger partial charge is 0.224 e. The molecule has 1 atom stereocenters. The molecule has 2 N–H and O–H groups in total. The topological polar surface area (TPSA) is 67.0 Å². The van der Waals surface area contributed by atoms with Gasteiger partial charge in [-0.1, -0.05) is 24.3 Å². The number of rotatable bonds is 5. The molecule has 1 heterocycles. The van der Waals surface area contributed by atoms with E-state index in [2.05, 4.69) is 15.3 Å². The van der Waals surface area contributed by atoms with Gasteiger partial charge in [0.25, 0.3) is 0 Å². The minimum absolute atomic E-state index is 0.0473. The fourth-order valence-corrected chi connectivity index (χ4v) is 2.70. The number of fused-ring (bicyclic) bond motifs is 1. The SMILES string of the molecule is COc1cc(CC(=O)NC(C)c2nc3ccccc3[nH]2)ccc1C. The average molecular weight is 323 g/mol. The number of nitrogens with zero attached hydrogens (tertiary/aromatic N) is 1. The number of imidazole rings is 1. The van der Waals surface area contributed by atoms with Gasteiger partial charge in [-0.15, -0.1) is 0 Å². The lowest BCUT2D eigenvalue weighted by molar-refractivity contribution is -0.121. The zero-order valence-corrected chi connectivity index (χ0v) is 14.1. The lowest BCUT2D eigenvalue weighted by atomic mass is 10.1. The van der Waals surface area contributed by atoms with Crippen molar-refractivity contribution >= 4 is 16.9 Å². The number of hydrogen-bond donors (Lipinski definition) is 2. The van der Waals surface area contributed by atoms with Gasteiger partial charge in [0, 0.05) is 0 Å². The van der Waals surface area contributed by atoms with Crippen molar-refractivity contribution in [3.05, 3.63) is 59.4 Å². The van der Waals surface area contributed by atoms with Crippen molar-refractivity contribution in [1.29, 1.82) is 0 Å². The van der Waals surface area contributed by atoms with Crippen LogP contribution in [-0.2, 0) is 11.2 Å². The quantitative estimate of drug-likeness (QED) is 0.757. The fourth-order valence-electron chi connectivity index (χ4n) is 2.70. The molecule has 0 radical (unpaired) electrons. The van der Waals surface area contributed by atoms with Crippen LogP contribution in [0.3, 0.4) is 0 Å². The Labute approximate surface area is 141 Å². The van der Waals surface area contributed by atoms with Crippen molar-refractivity contribution in [2.24, 2.45) is 0 Å². The van der Waals surface area contributed by atoms with Crippen molar-refractivity contribution in [2.45, 2.75) is 26.3 Å². The van der Waals surface area contributed by atoms with Crippen LogP contribution < -0.4 is 10.1 Å². The molecular weight excluding hydrogens is 302 g/mol. The van der Waals surface area contributed by atoms with Crippen LogP contribution in [0.15, 0.2) is 42.5 Å². The van der Waals surface area contributed by atoms with Crippen LogP contribution in [0.1, 0.15) is 29.9 Å². The Morgan fingerprint density at radius 3 is 2.83 bits per heavy atom. The van der Waals surface area contributed by atoms with Gasteiger partial charge in [0.2, 0.25) is 5.91 Å². The first-order valence-corrected chi connectivity index (χ1v) is 7.94. The molecule has 0 bridgehead atoms. The van der Waals surface area contributed by atoms with Crippen LogP contribution in [0.5, 0.6) is 5.75 Å². The number of carbonyl (C=O) groups is 1. The highest BCUT2D eigenvalue weighted by Gasteiger charge is 2.14. The van der Waals surface area contributed by atoms with E-state index in [1.807, 2.05) is 56.3 Å². The Kier molecular flexibility index (Phi) is 4.51. The van der Waals surface area contributed by atoms with Crippen molar-refractivity contribution in [1.82, 2.24) is 15.3 Å². The van der Waals surface area contributed by atoms with Crippen molar-refractivity contribution in [3.8, 4) is 5.75 Å². The monoisotopic (exact) mass is 323 g/mol. The average Bonchev–Trinajstić information content (AvgIpc) is 3.00. The van der Waals surface area contributed by atoms with Gasteiger partial charge in [-0.25, -0.2) is 4.98 Å². The van der Waals surface area contributed by atoms with Gasteiger partial charge in [0.05, 0.1) is 30.6 Å². The van der Waals surface area contributed by atoms with Gasteiger partial charge in [-0.05, 0) is 43.2 Å². The predicted molar refractivity (Wildman–Crippen MR) is 94.1 cm³/mol. The third kappa shape index (κ3) is 3.40. The molecule has 24 heavy (non-hydrogen) atoms. The summed E-state index contributed by atoms with van der Waals surface area (Å²) in [5, 5.41) is 2.98. The predicted octanol–water partition coefficient (Wildman–Crippen LogP) is 3.30. The highest BCUT2D eigenvalue weighted by Crippen LogP contribution is 2.20. The van der Waals surface area contributed by atoms with Crippen LogP contribution in [0.2, 0.25) is 0 Å². The Balaban J connectivity index is 1.67. The largest absolute Gasteiger partial charge is 0.496 e. The number of benzene rings is 2. The molecule has 3 rings (SSSR count). The van der Waals surface area contributed by atoms with Gasteiger partial charge >= 0.3 is 0 Å². The van der Waals surface area contributed by atoms with Gasteiger partial charge in [-0.3, -0.25) is 4.79 Å². The summed E-state index contributed by atoms with van der Waals surface area (Å²) in [7, 11) is 1.63.